The molecule has 21 heavy (non-hydrogen) atoms. The van der Waals surface area contributed by atoms with Crippen LogP contribution in [0.5, 0.6) is 5.75 Å². The van der Waals surface area contributed by atoms with Gasteiger partial charge in [-0.05, 0) is 30.3 Å². The van der Waals surface area contributed by atoms with Crippen molar-refractivity contribution in [2.24, 2.45) is 0 Å². The van der Waals surface area contributed by atoms with E-state index >= 15 is 0 Å². The minimum Gasteiger partial charge on any atom is -0.497 e. The molecule has 2 N–H and O–H groups in total. The van der Waals surface area contributed by atoms with Crippen LogP contribution in [0.25, 0.3) is 0 Å². The number of methoxy groups -OCH3 is 1. The first-order chi connectivity index (χ1) is 10.0. The highest BCUT2D eigenvalue weighted by Crippen LogP contribution is 2.26. The fraction of sp³-hybridized carbons (Fsp3) is 0.0769. The lowest BCUT2D eigenvalue weighted by Crippen LogP contribution is -2.05. The van der Waals surface area contributed by atoms with Crippen molar-refractivity contribution in [3.8, 4) is 5.75 Å². The SMILES string of the molecule is COc1ccc(Nc2nc(C(=O)O)ccc2[N+](=O)[O-])cc1. The number of nitrogens with one attached hydrogen (secondary N) is 1. The largest absolute Gasteiger partial charge is 0.497 e. The maximum Gasteiger partial charge on any atom is 0.354 e. The number of hydrogen-bond acceptors (Lipinski definition) is 6. The number of benzene rings is 1. The van der Waals surface area contributed by atoms with Gasteiger partial charge < -0.3 is 15.2 Å². The second-order valence-electron chi connectivity index (χ2n) is 3.98. The first-order valence-corrected chi connectivity index (χ1v) is 5.81. The van der Waals surface area contributed by atoms with E-state index in [1.165, 1.54) is 7.11 Å². The van der Waals surface area contributed by atoms with E-state index in [0.29, 0.717) is 11.4 Å². The number of pyridine rings is 1. The molecule has 0 aliphatic carbocycles. The zero-order valence-corrected chi connectivity index (χ0v) is 10.9. The van der Waals surface area contributed by atoms with Gasteiger partial charge in [0.1, 0.15) is 5.75 Å². The topological polar surface area (TPSA) is 115 Å². The fourth-order valence-corrected chi connectivity index (χ4v) is 1.62. The van der Waals surface area contributed by atoms with Gasteiger partial charge in [-0.25, -0.2) is 9.78 Å². The predicted molar refractivity (Wildman–Crippen MR) is 74.1 cm³/mol. The van der Waals surface area contributed by atoms with E-state index in [2.05, 4.69) is 10.3 Å². The molecule has 2 rings (SSSR count). The molecule has 8 nitrogen and oxygen atoms in total. The van der Waals surface area contributed by atoms with Crippen molar-refractivity contribution in [1.82, 2.24) is 4.98 Å². The molecule has 0 radical (unpaired) electrons. The van der Waals surface area contributed by atoms with E-state index < -0.39 is 10.9 Å². The van der Waals surface area contributed by atoms with Gasteiger partial charge in [0.2, 0.25) is 5.82 Å². The lowest BCUT2D eigenvalue weighted by atomic mass is 10.2. The van der Waals surface area contributed by atoms with Crippen LogP contribution < -0.4 is 10.1 Å². The molecule has 0 atom stereocenters. The van der Waals surface area contributed by atoms with Gasteiger partial charge in [0.05, 0.1) is 12.0 Å². The van der Waals surface area contributed by atoms with Gasteiger partial charge in [0.15, 0.2) is 5.69 Å². The molecule has 0 spiro atoms. The van der Waals surface area contributed by atoms with Gasteiger partial charge in [-0.15, -0.1) is 0 Å². The number of carboxylic acid groups (broad SMARTS) is 1. The van der Waals surface area contributed by atoms with Crippen LogP contribution in [-0.2, 0) is 0 Å². The number of carbonyl (C=O) groups is 1. The first kappa shape index (κ1) is 14.3. The minimum absolute atomic E-state index is 0.134. The maximum atomic E-state index is 11.0. The molecule has 1 heterocycles. The van der Waals surface area contributed by atoms with Crippen LogP contribution in [0.2, 0.25) is 0 Å². The average Bonchev–Trinajstić information content (AvgIpc) is 2.47. The average molecular weight is 289 g/mol. The number of nitro groups is 1. The van der Waals surface area contributed by atoms with Crippen LogP contribution in [0.4, 0.5) is 17.2 Å². The van der Waals surface area contributed by atoms with E-state index in [4.69, 9.17) is 9.84 Å². The standard InChI is InChI=1S/C13H11N3O5/c1-21-9-4-2-8(3-5-9)14-12-11(16(19)20)7-6-10(15-12)13(17)18/h2-7H,1H3,(H,14,15)(H,17,18). The second-order valence-corrected chi connectivity index (χ2v) is 3.98. The first-order valence-electron chi connectivity index (χ1n) is 5.81. The van der Waals surface area contributed by atoms with E-state index in [9.17, 15) is 14.9 Å². The number of anilines is 2. The monoisotopic (exact) mass is 289 g/mol. The second kappa shape index (κ2) is 5.87. The molecule has 8 heteroatoms. The summed E-state index contributed by atoms with van der Waals surface area (Å²) in [7, 11) is 1.52. The Hall–Kier alpha value is -3.16. The summed E-state index contributed by atoms with van der Waals surface area (Å²) in [4.78, 5) is 25.0. The lowest BCUT2D eigenvalue weighted by molar-refractivity contribution is -0.384. The van der Waals surface area contributed by atoms with Gasteiger partial charge in [-0.3, -0.25) is 10.1 Å². The Morgan fingerprint density at radius 2 is 1.95 bits per heavy atom. The lowest BCUT2D eigenvalue weighted by Gasteiger charge is -2.07. The van der Waals surface area contributed by atoms with Crippen LogP contribution >= 0.6 is 0 Å². The Bertz CT molecular complexity index is 685. The van der Waals surface area contributed by atoms with E-state index in [-0.39, 0.29) is 17.2 Å². The van der Waals surface area contributed by atoms with Crippen LogP contribution in [0, 0.1) is 10.1 Å². The van der Waals surface area contributed by atoms with Gasteiger partial charge in [-0.1, -0.05) is 0 Å². The Morgan fingerprint density at radius 3 is 2.48 bits per heavy atom. The van der Waals surface area contributed by atoms with Crippen molar-refractivity contribution < 1.29 is 19.6 Å². The van der Waals surface area contributed by atoms with Gasteiger partial charge in [0.25, 0.3) is 0 Å². The molecule has 0 aliphatic heterocycles. The Kier molecular flexibility index (Phi) is 3.98. The zero-order chi connectivity index (χ0) is 15.4. The maximum absolute atomic E-state index is 11.0. The number of rotatable bonds is 5. The molecule has 0 fully saturated rings. The van der Waals surface area contributed by atoms with Gasteiger partial charge in [-0.2, -0.15) is 0 Å². The van der Waals surface area contributed by atoms with Crippen molar-refractivity contribution in [2.45, 2.75) is 0 Å². The molecule has 2 aromatic rings. The molecular weight excluding hydrogens is 278 g/mol. The molecule has 0 aliphatic rings. The number of aromatic nitrogens is 1. The summed E-state index contributed by atoms with van der Waals surface area (Å²) in [5.74, 6) is -0.768. The van der Waals surface area contributed by atoms with Crippen LogP contribution in [0.15, 0.2) is 36.4 Å². The molecule has 0 saturated heterocycles. The van der Waals surface area contributed by atoms with Crippen LogP contribution in [0.3, 0.4) is 0 Å². The summed E-state index contributed by atoms with van der Waals surface area (Å²) in [5, 5.41) is 22.6. The highest BCUT2D eigenvalue weighted by atomic mass is 16.6. The summed E-state index contributed by atoms with van der Waals surface area (Å²) in [6.07, 6.45) is 0. The number of hydrogen-bond donors (Lipinski definition) is 2. The summed E-state index contributed by atoms with van der Waals surface area (Å²) in [5.41, 5.74) is -0.0682. The molecule has 1 aromatic heterocycles. The number of carboxylic acids is 1. The summed E-state index contributed by atoms with van der Waals surface area (Å²) in [6.45, 7) is 0. The summed E-state index contributed by atoms with van der Waals surface area (Å²) in [6, 6.07) is 8.78. The fourth-order valence-electron chi connectivity index (χ4n) is 1.62. The Labute approximate surface area is 119 Å². The van der Waals surface area contributed by atoms with E-state index in [0.717, 1.165) is 12.1 Å². The van der Waals surface area contributed by atoms with Crippen LogP contribution in [-0.4, -0.2) is 28.1 Å². The Morgan fingerprint density at radius 1 is 1.29 bits per heavy atom. The molecule has 0 saturated carbocycles. The third-order valence-corrected chi connectivity index (χ3v) is 2.64. The summed E-state index contributed by atoms with van der Waals surface area (Å²) >= 11 is 0. The predicted octanol–water partition coefficient (Wildman–Crippen LogP) is 2.44. The van der Waals surface area contributed by atoms with Crippen LogP contribution in [0.1, 0.15) is 10.5 Å². The molecule has 0 bridgehead atoms. The quantitative estimate of drug-likeness (QED) is 0.641. The minimum atomic E-state index is -1.26. The number of aromatic carboxylic acids is 1. The van der Waals surface area contributed by atoms with Gasteiger partial charge in [0, 0.05) is 11.8 Å². The molecule has 0 amide bonds. The van der Waals surface area contributed by atoms with Crippen molar-refractivity contribution in [3.63, 3.8) is 0 Å². The third-order valence-electron chi connectivity index (χ3n) is 2.64. The van der Waals surface area contributed by atoms with E-state index in [1.54, 1.807) is 24.3 Å². The van der Waals surface area contributed by atoms with Crippen molar-refractivity contribution >= 4 is 23.2 Å². The zero-order valence-electron chi connectivity index (χ0n) is 10.9. The molecule has 0 unspecified atom stereocenters. The van der Waals surface area contributed by atoms with Crippen molar-refractivity contribution in [1.29, 1.82) is 0 Å². The highest BCUT2D eigenvalue weighted by Gasteiger charge is 2.18. The smallest absolute Gasteiger partial charge is 0.354 e. The number of nitrogens with zero attached hydrogens (tertiary/aromatic N) is 2. The Balaban J connectivity index is 2.37. The van der Waals surface area contributed by atoms with Crippen molar-refractivity contribution in [3.05, 3.63) is 52.2 Å². The molecular formula is C13H11N3O5. The van der Waals surface area contributed by atoms with E-state index in [1.807, 2.05) is 0 Å². The summed E-state index contributed by atoms with van der Waals surface area (Å²) < 4.78 is 5.00. The number of ether oxygens (including phenoxy) is 1. The van der Waals surface area contributed by atoms with Crippen molar-refractivity contribution in [2.75, 3.05) is 12.4 Å². The molecule has 1 aromatic carbocycles. The molecule has 108 valence electrons. The third kappa shape index (κ3) is 3.24. The van der Waals surface area contributed by atoms with Gasteiger partial charge >= 0.3 is 11.7 Å². The normalized spacial score (nSPS) is 9.95. The highest BCUT2D eigenvalue weighted by molar-refractivity contribution is 5.86.